The highest BCUT2D eigenvalue weighted by Gasteiger charge is 2.33. The first-order chi connectivity index (χ1) is 10.8. The molecule has 3 rings (SSSR count). The fourth-order valence-corrected chi connectivity index (χ4v) is 2.90. The van der Waals surface area contributed by atoms with E-state index >= 15 is 0 Å². The van der Waals surface area contributed by atoms with Crippen LogP contribution in [0.25, 0.3) is 0 Å². The summed E-state index contributed by atoms with van der Waals surface area (Å²) in [5.41, 5.74) is 0.642. The molecule has 2 aromatic rings. The van der Waals surface area contributed by atoms with Crippen molar-refractivity contribution in [1.29, 1.82) is 0 Å². The van der Waals surface area contributed by atoms with Crippen LogP contribution in [0.4, 0.5) is 0 Å². The molecule has 0 spiro atoms. The molecule has 0 unspecified atom stereocenters. The summed E-state index contributed by atoms with van der Waals surface area (Å²) < 4.78 is 5.36. The first-order valence-electron chi connectivity index (χ1n) is 7.48. The van der Waals surface area contributed by atoms with Gasteiger partial charge >= 0.3 is 0 Å². The van der Waals surface area contributed by atoms with Gasteiger partial charge in [-0.05, 0) is 24.3 Å². The predicted octanol–water partition coefficient (Wildman–Crippen LogP) is 1.50. The standard InChI is InChI=1S/C17H20N2O3/c20-12-14-9-19(10-15-7-4-8-22-15)11-16(14)18-17(21)13-5-2-1-3-6-13/h1-8,14,16,20H,9-12H2,(H,18,21)/t14-,16+/m0/s1. The number of carbonyl (C=O) groups excluding carboxylic acids is 1. The number of nitrogens with one attached hydrogen (secondary N) is 1. The Bertz CT molecular complexity index is 598. The van der Waals surface area contributed by atoms with E-state index in [4.69, 9.17) is 4.42 Å². The van der Waals surface area contributed by atoms with Gasteiger partial charge in [-0.15, -0.1) is 0 Å². The maximum atomic E-state index is 12.3. The minimum atomic E-state index is -0.0936. The molecule has 1 fully saturated rings. The molecule has 0 radical (unpaired) electrons. The zero-order valence-electron chi connectivity index (χ0n) is 12.3. The molecule has 5 nitrogen and oxygen atoms in total. The maximum Gasteiger partial charge on any atom is 0.251 e. The Morgan fingerprint density at radius 2 is 2.05 bits per heavy atom. The summed E-state index contributed by atoms with van der Waals surface area (Å²) in [6.07, 6.45) is 1.66. The number of amides is 1. The van der Waals surface area contributed by atoms with E-state index < -0.39 is 0 Å². The quantitative estimate of drug-likeness (QED) is 0.878. The van der Waals surface area contributed by atoms with Gasteiger partial charge in [0.2, 0.25) is 0 Å². The summed E-state index contributed by atoms with van der Waals surface area (Å²) >= 11 is 0. The molecule has 1 aromatic carbocycles. The molecule has 2 N–H and O–H groups in total. The zero-order valence-corrected chi connectivity index (χ0v) is 12.3. The van der Waals surface area contributed by atoms with Crippen LogP contribution in [0.5, 0.6) is 0 Å². The molecule has 2 atom stereocenters. The van der Waals surface area contributed by atoms with Gasteiger partial charge in [-0.3, -0.25) is 9.69 Å². The molecule has 0 saturated carbocycles. The van der Waals surface area contributed by atoms with Crippen LogP contribution in [0.15, 0.2) is 53.1 Å². The fraction of sp³-hybridized carbons (Fsp3) is 0.353. The van der Waals surface area contributed by atoms with Crippen LogP contribution in [0.2, 0.25) is 0 Å². The number of furan rings is 1. The SMILES string of the molecule is O=C(N[C@@H]1CN(Cc2ccco2)C[C@H]1CO)c1ccccc1. The van der Waals surface area contributed by atoms with Crippen molar-refractivity contribution in [2.45, 2.75) is 12.6 Å². The summed E-state index contributed by atoms with van der Waals surface area (Å²) in [5, 5.41) is 12.6. The Labute approximate surface area is 129 Å². The third kappa shape index (κ3) is 3.37. The molecule has 22 heavy (non-hydrogen) atoms. The number of nitrogens with zero attached hydrogens (tertiary/aromatic N) is 1. The first-order valence-corrected chi connectivity index (χ1v) is 7.48. The Balaban J connectivity index is 1.61. The summed E-state index contributed by atoms with van der Waals surface area (Å²) in [5.74, 6) is 0.846. The largest absolute Gasteiger partial charge is 0.468 e. The summed E-state index contributed by atoms with van der Waals surface area (Å²) in [6.45, 7) is 2.22. The van der Waals surface area contributed by atoms with Crippen molar-refractivity contribution in [3.05, 3.63) is 60.1 Å². The van der Waals surface area contributed by atoms with Gasteiger partial charge in [0.05, 0.1) is 12.8 Å². The molecule has 0 bridgehead atoms. The molecule has 5 heteroatoms. The van der Waals surface area contributed by atoms with Crippen molar-refractivity contribution in [2.75, 3.05) is 19.7 Å². The monoisotopic (exact) mass is 300 g/mol. The van der Waals surface area contributed by atoms with Crippen molar-refractivity contribution in [3.8, 4) is 0 Å². The van der Waals surface area contributed by atoms with Crippen molar-refractivity contribution in [3.63, 3.8) is 0 Å². The van der Waals surface area contributed by atoms with Crippen molar-refractivity contribution >= 4 is 5.91 Å². The van der Waals surface area contributed by atoms with E-state index in [1.807, 2.05) is 30.3 Å². The fourth-order valence-electron chi connectivity index (χ4n) is 2.90. The van der Waals surface area contributed by atoms with Crippen LogP contribution in [0, 0.1) is 5.92 Å². The number of aliphatic hydroxyl groups is 1. The Kier molecular flexibility index (Phi) is 4.56. The van der Waals surface area contributed by atoms with E-state index in [-0.39, 0.29) is 24.5 Å². The smallest absolute Gasteiger partial charge is 0.251 e. The lowest BCUT2D eigenvalue weighted by Gasteiger charge is -2.18. The van der Waals surface area contributed by atoms with Gasteiger partial charge in [-0.1, -0.05) is 18.2 Å². The van der Waals surface area contributed by atoms with Crippen molar-refractivity contribution < 1.29 is 14.3 Å². The number of likely N-dealkylation sites (tertiary alicyclic amines) is 1. The second-order valence-electron chi connectivity index (χ2n) is 5.66. The number of benzene rings is 1. The maximum absolute atomic E-state index is 12.3. The molecular formula is C17H20N2O3. The average molecular weight is 300 g/mol. The Morgan fingerprint density at radius 3 is 2.73 bits per heavy atom. The van der Waals surface area contributed by atoms with Gasteiger partial charge in [-0.25, -0.2) is 0 Å². The normalized spacial score (nSPS) is 21.9. The molecule has 1 aliphatic heterocycles. The molecule has 1 aromatic heterocycles. The summed E-state index contributed by atoms with van der Waals surface area (Å²) in [6, 6.07) is 12.9. The minimum absolute atomic E-state index is 0.0441. The summed E-state index contributed by atoms with van der Waals surface area (Å²) in [7, 11) is 0. The van der Waals surface area contributed by atoms with Gasteiger partial charge < -0.3 is 14.8 Å². The van der Waals surface area contributed by atoms with E-state index in [9.17, 15) is 9.90 Å². The second-order valence-corrected chi connectivity index (χ2v) is 5.66. The van der Waals surface area contributed by atoms with Gasteiger partial charge in [0.25, 0.3) is 5.91 Å². The van der Waals surface area contributed by atoms with Crippen LogP contribution in [0.1, 0.15) is 16.1 Å². The van der Waals surface area contributed by atoms with Crippen molar-refractivity contribution in [2.24, 2.45) is 5.92 Å². The number of aliphatic hydroxyl groups excluding tert-OH is 1. The number of carbonyl (C=O) groups is 1. The van der Waals surface area contributed by atoms with E-state index in [1.165, 1.54) is 0 Å². The van der Waals surface area contributed by atoms with Gasteiger partial charge in [0.15, 0.2) is 0 Å². The number of rotatable bonds is 5. The highest BCUT2D eigenvalue weighted by atomic mass is 16.3. The van der Waals surface area contributed by atoms with Gasteiger partial charge in [0, 0.05) is 37.2 Å². The van der Waals surface area contributed by atoms with Crippen LogP contribution in [-0.4, -0.2) is 41.7 Å². The minimum Gasteiger partial charge on any atom is -0.468 e. The molecule has 116 valence electrons. The Hall–Kier alpha value is -2.11. The lowest BCUT2D eigenvalue weighted by Crippen LogP contribution is -2.41. The highest BCUT2D eigenvalue weighted by Crippen LogP contribution is 2.19. The van der Waals surface area contributed by atoms with E-state index in [0.717, 1.165) is 12.3 Å². The number of hydrogen-bond acceptors (Lipinski definition) is 4. The molecular weight excluding hydrogens is 280 g/mol. The molecule has 2 heterocycles. The molecule has 1 aliphatic rings. The van der Waals surface area contributed by atoms with Crippen LogP contribution in [0.3, 0.4) is 0 Å². The lowest BCUT2D eigenvalue weighted by molar-refractivity contribution is 0.0921. The highest BCUT2D eigenvalue weighted by molar-refractivity contribution is 5.94. The topological polar surface area (TPSA) is 65.7 Å². The predicted molar refractivity (Wildman–Crippen MR) is 82.3 cm³/mol. The first kappa shape index (κ1) is 14.8. The Morgan fingerprint density at radius 1 is 1.23 bits per heavy atom. The molecule has 1 saturated heterocycles. The van der Waals surface area contributed by atoms with E-state index in [0.29, 0.717) is 18.7 Å². The van der Waals surface area contributed by atoms with Gasteiger partial charge in [-0.2, -0.15) is 0 Å². The summed E-state index contributed by atoms with van der Waals surface area (Å²) in [4.78, 5) is 14.4. The van der Waals surface area contributed by atoms with E-state index in [2.05, 4.69) is 10.2 Å². The van der Waals surface area contributed by atoms with Crippen LogP contribution >= 0.6 is 0 Å². The zero-order chi connectivity index (χ0) is 15.4. The lowest BCUT2D eigenvalue weighted by atomic mass is 10.0. The average Bonchev–Trinajstić information content (AvgIpc) is 3.18. The van der Waals surface area contributed by atoms with Gasteiger partial charge in [0.1, 0.15) is 5.76 Å². The van der Waals surface area contributed by atoms with E-state index in [1.54, 1.807) is 18.4 Å². The number of hydrogen-bond donors (Lipinski definition) is 2. The third-order valence-electron chi connectivity index (χ3n) is 4.06. The molecule has 1 amide bonds. The van der Waals surface area contributed by atoms with Crippen molar-refractivity contribution in [1.82, 2.24) is 10.2 Å². The van der Waals surface area contributed by atoms with Crippen LogP contribution in [-0.2, 0) is 6.54 Å². The molecule has 0 aliphatic carbocycles. The van der Waals surface area contributed by atoms with Crippen LogP contribution < -0.4 is 5.32 Å². The third-order valence-corrected chi connectivity index (χ3v) is 4.06. The second kappa shape index (κ2) is 6.77.